The summed E-state index contributed by atoms with van der Waals surface area (Å²) < 4.78 is 9.80. The molecular formula is C65H42N6. The van der Waals surface area contributed by atoms with Gasteiger partial charge in [0.1, 0.15) is 11.6 Å². The fourth-order valence-electron chi connectivity index (χ4n) is 12.7. The van der Waals surface area contributed by atoms with Gasteiger partial charge in [0, 0.05) is 71.8 Å². The van der Waals surface area contributed by atoms with Crippen LogP contribution in [-0.4, -0.2) is 29.3 Å². The monoisotopic (exact) mass is 906 g/mol. The Morgan fingerprint density at radius 2 is 0.817 bits per heavy atom. The van der Waals surface area contributed by atoms with Crippen LogP contribution >= 0.6 is 0 Å². The summed E-state index contributed by atoms with van der Waals surface area (Å²) in [5.41, 5.74) is 15.2. The van der Waals surface area contributed by atoms with E-state index in [1.807, 2.05) is 0 Å². The van der Waals surface area contributed by atoms with Crippen LogP contribution in [0.2, 0.25) is 0 Å². The standard InChI is InChI=1S/C65H42N6/c1-2-18-41(19-3-1)67-56-32-14-8-26-50(56)62-58(67)38-36-48-46-24-6-10-28-52(46)69(64(48)62)43-21-16-20-42(40-43)68-57-33-15-9-27-51(57)63-59(68)39-37-49-47-25-7-13-31-55(47)71(65(49)63)61-35-17-34-60(66-61)70-53-29-11-4-22-44(53)45-23-5-12-30-54(45)70/h1-40,44,53H. The molecule has 2 aliphatic rings. The molecule has 0 radical (unpaired) electrons. The highest BCUT2D eigenvalue weighted by molar-refractivity contribution is 6.27. The molecule has 16 rings (SSSR count). The molecule has 332 valence electrons. The van der Waals surface area contributed by atoms with E-state index in [-0.39, 0.29) is 12.0 Å². The summed E-state index contributed by atoms with van der Waals surface area (Å²) in [6.45, 7) is 0. The van der Waals surface area contributed by atoms with E-state index in [9.17, 15) is 0 Å². The molecule has 0 saturated carbocycles. The van der Waals surface area contributed by atoms with E-state index < -0.39 is 0 Å². The van der Waals surface area contributed by atoms with E-state index in [1.54, 1.807) is 0 Å². The molecule has 1 aliphatic heterocycles. The van der Waals surface area contributed by atoms with Crippen LogP contribution in [0.3, 0.4) is 0 Å². The number of pyridine rings is 1. The number of aromatic nitrogens is 5. The summed E-state index contributed by atoms with van der Waals surface area (Å²) in [6.07, 6.45) is 9.00. The number of fused-ring (bicyclic) bond motifs is 17. The lowest BCUT2D eigenvalue weighted by Gasteiger charge is -2.28. The number of anilines is 2. The van der Waals surface area contributed by atoms with Crippen molar-refractivity contribution in [3.63, 3.8) is 0 Å². The van der Waals surface area contributed by atoms with Crippen molar-refractivity contribution >= 4 is 98.7 Å². The minimum Gasteiger partial charge on any atom is -0.318 e. The molecule has 1 aliphatic carbocycles. The third-order valence-electron chi connectivity index (χ3n) is 15.5. The van der Waals surface area contributed by atoms with Crippen molar-refractivity contribution in [2.45, 2.75) is 12.0 Å². The number of hydrogen-bond donors (Lipinski definition) is 0. The zero-order valence-electron chi connectivity index (χ0n) is 38.4. The fraction of sp³-hybridized carbons (Fsp3) is 0.0308. The molecule has 6 nitrogen and oxygen atoms in total. The molecule has 14 aromatic rings. The highest BCUT2D eigenvalue weighted by Gasteiger charge is 2.38. The van der Waals surface area contributed by atoms with Gasteiger partial charge in [0.05, 0.1) is 50.2 Å². The predicted octanol–water partition coefficient (Wildman–Crippen LogP) is 16.2. The van der Waals surface area contributed by atoms with Crippen LogP contribution in [0.5, 0.6) is 0 Å². The van der Waals surface area contributed by atoms with Gasteiger partial charge >= 0.3 is 0 Å². The molecule has 5 aromatic heterocycles. The zero-order valence-corrected chi connectivity index (χ0v) is 38.4. The molecule has 0 bridgehead atoms. The van der Waals surface area contributed by atoms with Crippen LogP contribution in [0.1, 0.15) is 11.5 Å². The van der Waals surface area contributed by atoms with Crippen molar-refractivity contribution in [1.29, 1.82) is 0 Å². The molecule has 6 heterocycles. The number of allylic oxidation sites excluding steroid dienone is 2. The molecular weight excluding hydrogens is 865 g/mol. The zero-order chi connectivity index (χ0) is 46.3. The van der Waals surface area contributed by atoms with Gasteiger partial charge in [0.25, 0.3) is 0 Å². The summed E-state index contributed by atoms with van der Waals surface area (Å²) in [6, 6.07) is 80.1. The SMILES string of the molecule is C1=CC2c3ccccc3N(c3cccc(-n4c5ccccc5c5ccc6c(c7ccccc7n6-c6cccc(-n7c8ccccc8c8ccc9c(c%10ccccc%10n9-c9ccccc9)c87)c6)c54)n3)C2C=C1. The smallest absolute Gasteiger partial charge is 0.140 e. The van der Waals surface area contributed by atoms with Gasteiger partial charge in [-0.05, 0) is 90.5 Å². The molecule has 0 spiro atoms. The van der Waals surface area contributed by atoms with E-state index in [0.717, 1.165) is 50.8 Å². The van der Waals surface area contributed by atoms with E-state index in [4.69, 9.17) is 4.98 Å². The fourth-order valence-corrected chi connectivity index (χ4v) is 12.7. The van der Waals surface area contributed by atoms with Crippen molar-refractivity contribution in [3.8, 4) is 22.9 Å². The summed E-state index contributed by atoms with van der Waals surface area (Å²) in [4.78, 5) is 8.03. The van der Waals surface area contributed by atoms with Gasteiger partial charge < -0.3 is 18.6 Å². The van der Waals surface area contributed by atoms with Gasteiger partial charge in [-0.2, -0.15) is 0 Å². The van der Waals surface area contributed by atoms with Crippen LogP contribution < -0.4 is 4.90 Å². The van der Waals surface area contributed by atoms with Crippen LogP contribution in [0.25, 0.3) is 110 Å². The first kappa shape index (κ1) is 38.6. The largest absolute Gasteiger partial charge is 0.318 e. The molecule has 9 aromatic carbocycles. The Morgan fingerprint density at radius 3 is 1.51 bits per heavy atom. The number of hydrogen-bond acceptors (Lipinski definition) is 2. The predicted molar refractivity (Wildman–Crippen MR) is 295 cm³/mol. The lowest BCUT2D eigenvalue weighted by molar-refractivity contribution is 0.737. The van der Waals surface area contributed by atoms with Gasteiger partial charge in [-0.15, -0.1) is 0 Å². The molecule has 2 unspecified atom stereocenters. The Bertz CT molecular complexity index is 4610. The van der Waals surface area contributed by atoms with Crippen molar-refractivity contribution in [1.82, 2.24) is 23.3 Å². The summed E-state index contributed by atoms with van der Waals surface area (Å²) in [5.74, 6) is 2.10. The summed E-state index contributed by atoms with van der Waals surface area (Å²) in [5, 5.41) is 9.75. The molecule has 71 heavy (non-hydrogen) atoms. The summed E-state index contributed by atoms with van der Waals surface area (Å²) in [7, 11) is 0. The molecule has 6 heteroatoms. The van der Waals surface area contributed by atoms with E-state index in [0.29, 0.717) is 0 Å². The number of rotatable bonds is 5. The lowest BCUT2D eigenvalue weighted by atomic mass is 9.91. The second-order valence-electron chi connectivity index (χ2n) is 19.0. The first-order valence-electron chi connectivity index (χ1n) is 24.6. The van der Waals surface area contributed by atoms with Crippen molar-refractivity contribution < 1.29 is 0 Å². The van der Waals surface area contributed by atoms with Crippen LogP contribution in [0, 0.1) is 0 Å². The van der Waals surface area contributed by atoms with Gasteiger partial charge in [-0.25, -0.2) is 4.98 Å². The van der Waals surface area contributed by atoms with E-state index >= 15 is 0 Å². The first-order chi connectivity index (χ1) is 35.3. The van der Waals surface area contributed by atoms with Crippen molar-refractivity contribution in [2.75, 3.05) is 4.90 Å². The minimum absolute atomic E-state index is 0.155. The Morgan fingerprint density at radius 1 is 0.324 bits per heavy atom. The molecule has 2 atom stereocenters. The Labute approximate surface area is 408 Å². The second kappa shape index (κ2) is 14.6. The van der Waals surface area contributed by atoms with Crippen LogP contribution in [0.15, 0.2) is 243 Å². The molecule has 0 saturated heterocycles. The average molecular weight is 907 g/mol. The average Bonchev–Trinajstić information content (AvgIpc) is 4.23. The highest BCUT2D eigenvalue weighted by Crippen LogP contribution is 2.48. The van der Waals surface area contributed by atoms with Crippen molar-refractivity contribution in [2.24, 2.45) is 0 Å². The van der Waals surface area contributed by atoms with Gasteiger partial charge in [0.15, 0.2) is 0 Å². The summed E-state index contributed by atoms with van der Waals surface area (Å²) >= 11 is 0. The molecule has 0 fully saturated rings. The Balaban J connectivity index is 0.939. The third kappa shape index (κ3) is 5.28. The highest BCUT2D eigenvalue weighted by atomic mass is 15.3. The van der Waals surface area contributed by atoms with Crippen LogP contribution in [-0.2, 0) is 0 Å². The lowest BCUT2D eigenvalue weighted by Crippen LogP contribution is -2.29. The maximum Gasteiger partial charge on any atom is 0.140 e. The normalized spacial score (nSPS) is 15.5. The Hall–Kier alpha value is -9.39. The number of para-hydroxylation sites is 6. The van der Waals surface area contributed by atoms with Gasteiger partial charge in [-0.3, -0.25) is 4.57 Å². The number of nitrogens with zero attached hydrogens (tertiary/aromatic N) is 6. The van der Waals surface area contributed by atoms with Gasteiger partial charge in [-0.1, -0.05) is 158 Å². The van der Waals surface area contributed by atoms with Crippen LogP contribution in [0.4, 0.5) is 11.5 Å². The maximum atomic E-state index is 5.61. The second-order valence-corrected chi connectivity index (χ2v) is 19.0. The third-order valence-corrected chi connectivity index (χ3v) is 15.5. The Kier molecular flexibility index (Phi) is 7.91. The topological polar surface area (TPSA) is 35.9 Å². The van der Waals surface area contributed by atoms with Gasteiger partial charge in [0.2, 0.25) is 0 Å². The first-order valence-corrected chi connectivity index (χ1v) is 24.6. The maximum absolute atomic E-state index is 5.61. The van der Waals surface area contributed by atoms with E-state index in [1.165, 1.54) is 76.4 Å². The van der Waals surface area contributed by atoms with E-state index in [2.05, 4.69) is 266 Å². The molecule has 0 amide bonds. The van der Waals surface area contributed by atoms with Crippen molar-refractivity contribution in [3.05, 3.63) is 248 Å². The minimum atomic E-state index is 0.155. The number of benzene rings is 9. The molecule has 0 N–H and O–H groups in total. The quantitative estimate of drug-likeness (QED) is 0.172.